The molecule has 0 aliphatic carbocycles. The third-order valence-corrected chi connectivity index (χ3v) is 3.90. The van der Waals surface area contributed by atoms with Crippen molar-refractivity contribution in [2.75, 3.05) is 12.4 Å². The topological polar surface area (TPSA) is 59.9 Å². The maximum absolute atomic E-state index is 13.7. The summed E-state index contributed by atoms with van der Waals surface area (Å²) in [5.41, 5.74) is 0.529. The highest BCUT2D eigenvalue weighted by Crippen LogP contribution is 2.27. The Hall–Kier alpha value is -2.28. The predicted molar refractivity (Wildman–Crippen MR) is 80.2 cm³/mol. The standard InChI is InChI=1S/C14H13FN4OS/c1-8-5-16-13(21-8)6-17-14-9-3-12(20-2)10(15)4-11(9)18-7-19-14/h3-5,7H,6H2,1-2H3,(H,17,18,19). The van der Waals surface area contributed by atoms with Gasteiger partial charge in [0.25, 0.3) is 0 Å². The second-order valence-electron chi connectivity index (χ2n) is 4.44. The van der Waals surface area contributed by atoms with Crippen LogP contribution in [0.2, 0.25) is 0 Å². The van der Waals surface area contributed by atoms with E-state index in [1.54, 1.807) is 17.4 Å². The van der Waals surface area contributed by atoms with E-state index in [0.29, 0.717) is 23.3 Å². The Morgan fingerprint density at radius 1 is 1.29 bits per heavy atom. The molecule has 0 amide bonds. The fourth-order valence-electron chi connectivity index (χ4n) is 2.00. The van der Waals surface area contributed by atoms with E-state index in [1.165, 1.54) is 19.5 Å². The van der Waals surface area contributed by atoms with Gasteiger partial charge >= 0.3 is 0 Å². The van der Waals surface area contributed by atoms with Crippen LogP contribution < -0.4 is 10.1 Å². The van der Waals surface area contributed by atoms with Gasteiger partial charge in [-0.1, -0.05) is 0 Å². The van der Waals surface area contributed by atoms with Crippen LogP contribution in [-0.4, -0.2) is 22.1 Å². The molecule has 3 aromatic rings. The van der Waals surface area contributed by atoms with Crippen molar-refractivity contribution in [3.8, 4) is 5.75 Å². The number of benzene rings is 1. The molecule has 1 aromatic carbocycles. The van der Waals surface area contributed by atoms with Crippen molar-refractivity contribution >= 4 is 28.1 Å². The van der Waals surface area contributed by atoms with E-state index in [2.05, 4.69) is 20.3 Å². The molecule has 0 spiro atoms. The minimum absolute atomic E-state index is 0.172. The van der Waals surface area contributed by atoms with Crippen LogP contribution in [0.1, 0.15) is 9.88 Å². The molecule has 0 saturated heterocycles. The van der Waals surface area contributed by atoms with Gasteiger partial charge in [0.2, 0.25) is 0 Å². The van der Waals surface area contributed by atoms with Crippen molar-refractivity contribution in [2.24, 2.45) is 0 Å². The lowest BCUT2D eigenvalue weighted by molar-refractivity contribution is 0.387. The number of methoxy groups -OCH3 is 1. The third-order valence-electron chi connectivity index (χ3n) is 2.99. The molecule has 0 atom stereocenters. The lowest BCUT2D eigenvalue weighted by Crippen LogP contribution is -2.02. The smallest absolute Gasteiger partial charge is 0.167 e. The second kappa shape index (κ2) is 5.61. The normalized spacial score (nSPS) is 10.8. The van der Waals surface area contributed by atoms with Gasteiger partial charge in [-0.15, -0.1) is 11.3 Å². The van der Waals surface area contributed by atoms with Crippen molar-refractivity contribution in [3.05, 3.63) is 40.4 Å². The molecule has 5 nitrogen and oxygen atoms in total. The predicted octanol–water partition coefficient (Wildman–Crippen LogP) is 3.15. The summed E-state index contributed by atoms with van der Waals surface area (Å²) >= 11 is 1.62. The fourth-order valence-corrected chi connectivity index (χ4v) is 2.72. The molecule has 3 rings (SSSR count). The van der Waals surface area contributed by atoms with Gasteiger partial charge in [0, 0.05) is 22.5 Å². The maximum atomic E-state index is 13.7. The van der Waals surface area contributed by atoms with Gasteiger partial charge in [-0.2, -0.15) is 0 Å². The lowest BCUT2D eigenvalue weighted by atomic mass is 10.2. The lowest BCUT2D eigenvalue weighted by Gasteiger charge is -2.09. The second-order valence-corrected chi connectivity index (χ2v) is 5.76. The first-order chi connectivity index (χ1) is 10.2. The summed E-state index contributed by atoms with van der Waals surface area (Å²) in [6, 6.07) is 2.94. The fraction of sp³-hybridized carbons (Fsp3) is 0.214. The Balaban J connectivity index is 1.94. The van der Waals surface area contributed by atoms with Crippen LogP contribution in [0.25, 0.3) is 10.9 Å². The monoisotopic (exact) mass is 304 g/mol. The number of nitrogens with zero attached hydrogens (tertiary/aromatic N) is 3. The largest absolute Gasteiger partial charge is 0.494 e. The molecule has 0 fully saturated rings. The van der Waals surface area contributed by atoms with Crippen molar-refractivity contribution < 1.29 is 9.13 Å². The van der Waals surface area contributed by atoms with Crippen LogP contribution in [0.5, 0.6) is 5.75 Å². The summed E-state index contributed by atoms with van der Waals surface area (Å²) in [7, 11) is 1.43. The Morgan fingerprint density at radius 3 is 2.86 bits per heavy atom. The number of hydrogen-bond acceptors (Lipinski definition) is 6. The molecule has 0 aliphatic heterocycles. The molecule has 0 radical (unpaired) electrons. The van der Waals surface area contributed by atoms with Gasteiger partial charge in [-0.3, -0.25) is 0 Å². The number of rotatable bonds is 4. The van der Waals surface area contributed by atoms with E-state index in [0.717, 1.165) is 9.88 Å². The summed E-state index contributed by atoms with van der Waals surface area (Å²) < 4.78 is 18.7. The van der Waals surface area contributed by atoms with Crippen LogP contribution >= 0.6 is 11.3 Å². The van der Waals surface area contributed by atoms with Crippen molar-refractivity contribution in [3.63, 3.8) is 0 Å². The van der Waals surface area contributed by atoms with Gasteiger partial charge in [0.05, 0.1) is 19.2 Å². The van der Waals surface area contributed by atoms with Gasteiger partial charge in [-0.25, -0.2) is 19.3 Å². The Bertz CT molecular complexity index is 790. The van der Waals surface area contributed by atoms with Crippen molar-refractivity contribution in [1.82, 2.24) is 15.0 Å². The summed E-state index contributed by atoms with van der Waals surface area (Å²) in [6.07, 6.45) is 3.24. The van der Waals surface area contributed by atoms with E-state index >= 15 is 0 Å². The minimum Gasteiger partial charge on any atom is -0.494 e. The molecule has 7 heteroatoms. The molecular weight excluding hydrogens is 291 g/mol. The van der Waals surface area contributed by atoms with E-state index in [-0.39, 0.29) is 5.75 Å². The Morgan fingerprint density at radius 2 is 2.14 bits per heavy atom. The third kappa shape index (κ3) is 2.78. The number of aromatic nitrogens is 3. The summed E-state index contributed by atoms with van der Waals surface area (Å²) in [5.74, 6) is 0.363. The van der Waals surface area contributed by atoms with Crippen LogP contribution in [0, 0.1) is 12.7 Å². The van der Waals surface area contributed by atoms with E-state index in [9.17, 15) is 4.39 Å². The molecule has 108 valence electrons. The molecule has 2 aromatic heterocycles. The highest BCUT2D eigenvalue weighted by molar-refractivity contribution is 7.11. The number of thiazole rings is 1. The van der Waals surface area contributed by atoms with Crippen LogP contribution in [0.4, 0.5) is 10.2 Å². The highest BCUT2D eigenvalue weighted by atomic mass is 32.1. The molecule has 1 N–H and O–H groups in total. The number of nitrogens with one attached hydrogen (secondary N) is 1. The summed E-state index contributed by atoms with van der Waals surface area (Å²) in [4.78, 5) is 13.7. The highest BCUT2D eigenvalue weighted by Gasteiger charge is 2.10. The first kappa shape index (κ1) is 13.7. The van der Waals surface area contributed by atoms with Crippen LogP contribution in [0.3, 0.4) is 0 Å². The zero-order valence-electron chi connectivity index (χ0n) is 11.6. The zero-order valence-corrected chi connectivity index (χ0v) is 12.4. The van der Waals surface area contributed by atoms with Gasteiger partial charge in [0.1, 0.15) is 17.2 Å². The van der Waals surface area contributed by atoms with Gasteiger partial charge in [0.15, 0.2) is 11.6 Å². The molecule has 0 unspecified atom stereocenters. The van der Waals surface area contributed by atoms with Crippen molar-refractivity contribution in [2.45, 2.75) is 13.5 Å². The minimum atomic E-state index is -0.440. The number of ether oxygens (including phenoxy) is 1. The summed E-state index contributed by atoms with van der Waals surface area (Å²) in [6.45, 7) is 2.57. The molecule has 0 aliphatic rings. The first-order valence-electron chi connectivity index (χ1n) is 6.31. The van der Waals surface area contributed by atoms with E-state index in [1.807, 2.05) is 13.1 Å². The van der Waals surface area contributed by atoms with Crippen molar-refractivity contribution in [1.29, 1.82) is 0 Å². The molecule has 2 heterocycles. The number of halogens is 1. The molecule has 0 bridgehead atoms. The average Bonchev–Trinajstić information content (AvgIpc) is 2.90. The van der Waals surface area contributed by atoms with Crippen LogP contribution in [0.15, 0.2) is 24.7 Å². The zero-order chi connectivity index (χ0) is 14.8. The van der Waals surface area contributed by atoms with E-state index < -0.39 is 5.82 Å². The number of aryl methyl sites for hydroxylation is 1. The summed E-state index contributed by atoms with van der Waals surface area (Å²) in [5, 5.41) is 4.88. The molecule has 21 heavy (non-hydrogen) atoms. The van der Waals surface area contributed by atoms with Crippen LogP contribution in [-0.2, 0) is 6.54 Å². The number of anilines is 1. The molecular formula is C14H13FN4OS. The number of fused-ring (bicyclic) bond motifs is 1. The van der Waals surface area contributed by atoms with E-state index in [4.69, 9.17) is 4.74 Å². The SMILES string of the molecule is COc1cc2c(NCc3ncc(C)s3)ncnc2cc1F. The first-order valence-corrected chi connectivity index (χ1v) is 7.12. The quantitative estimate of drug-likeness (QED) is 0.802. The maximum Gasteiger partial charge on any atom is 0.167 e. The Kier molecular flexibility index (Phi) is 3.66. The number of hydrogen-bond donors (Lipinski definition) is 1. The molecule has 0 saturated carbocycles. The van der Waals surface area contributed by atoms with Gasteiger partial charge in [-0.05, 0) is 13.0 Å². The van der Waals surface area contributed by atoms with Gasteiger partial charge < -0.3 is 10.1 Å². The average molecular weight is 304 g/mol. The Labute approximate surface area is 124 Å².